The number of ether oxygens (including phenoxy) is 1. The zero-order chi connectivity index (χ0) is 24.4. The van der Waals surface area contributed by atoms with Crippen molar-refractivity contribution in [2.45, 2.75) is 25.3 Å². The van der Waals surface area contributed by atoms with Gasteiger partial charge in [0.1, 0.15) is 11.6 Å². The average Bonchev–Trinajstić information content (AvgIpc) is 3.33. The largest absolute Gasteiger partial charge is 0.492 e. The van der Waals surface area contributed by atoms with Crippen LogP contribution in [0, 0.1) is 0 Å². The summed E-state index contributed by atoms with van der Waals surface area (Å²) in [7, 11) is 1.86. The zero-order valence-electron chi connectivity index (χ0n) is 18.9. The molecule has 4 rings (SSSR count). The summed E-state index contributed by atoms with van der Waals surface area (Å²) in [4.78, 5) is 18.7. The van der Waals surface area contributed by atoms with Crippen LogP contribution in [0.15, 0.2) is 53.2 Å². The van der Waals surface area contributed by atoms with Gasteiger partial charge in [0.2, 0.25) is 0 Å². The van der Waals surface area contributed by atoms with Gasteiger partial charge in [-0.2, -0.15) is 5.10 Å². The highest BCUT2D eigenvalue weighted by atomic mass is 35.5. The Morgan fingerprint density at radius 3 is 2.76 bits per heavy atom. The molecule has 1 fully saturated rings. The summed E-state index contributed by atoms with van der Waals surface area (Å²) < 4.78 is 7.82. The first-order valence-corrected chi connectivity index (χ1v) is 11.6. The number of halogens is 2. The van der Waals surface area contributed by atoms with Crippen LogP contribution in [0.25, 0.3) is 0 Å². The molecule has 1 aromatic carbocycles. The maximum absolute atomic E-state index is 12.6. The SMILES string of the molecule is C=C(N)/N=C(\C1=C(N)CN(C(=O)NC2CC2)C1)c1c(Cl)cc(Cl)cc1OCCc1cnn(C)c1. The van der Waals surface area contributed by atoms with Gasteiger partial charge in [0.25, 0.3) is 0 Å². The second-order valence-electron chi connectivity index (χ2n) is 8.42. The van der Waals surface area contributed by atoms with Crippen LogP contribution in [0.5, 0.6) is 5.75 Å². The third kappa shape index (κ3) is 5.66. The van der Waals surface area contributed by atoms with Crippen LogP contribution in [0.2, 0.25) is 10.0 Å². The normalized spacial score (nSPS) is 16.2. The number of urea groups is 1. The van der Waals surface area contributed by atoms with Gasteiger partial charge in [0.05, 0.1) is 42.2 Å². The Hall–Kier alpha value is -3.17. The Morgan fingerprint density at radius 1 is 1.35 bits per heavy atom. The molecule has 1 aliphatic carbocycles. The first-order valence-electron chi connectivity index (χ1n) is 10.9. The fourth-order valence-corrected chi connectivity index (χ4v) is 4.27. The number of amides is 2. The number of nitrogens with zero attached hydrogens (tertiary/aromatic N) is 4. The van der Waals surface area contributed by atoms with E-state index in [9.17, 15) is 4.79 Å². The number of carbonyl (C=O) groups is 1. The minimum absolute atomic E-state index is 0.0727. The van der Waals surface area contributed by atoms with Crippen LogP contribution >= 0.6 is 23.2 Å². The number of aliphatic imine (C=N–C) groups is 1. The number of hydrogen-bond donors (Lipinski definition) is 3. The fourth-order valence-electron chi connectivity index (χ4n) is 3.70. The van der Waals surface area contributed by atoms with Crippen LogP contribution in [0.4, 0.5) is 4.79 Å². The molecule has 2 aromatic rings. The van der Waals surface area contributed by atoms with Gasteiger partial charge in [-0.05, 0) is 30.5 Å². The van der Waals surface area contributed by atoms with Crippen molar-refractivity contribution in [3.63, 3.8) is 0 Å². The van der Waals surface area contributed by atoms with Crippen molar-refractivity contribution >= 4 is 34.9 Å². The van der Waals surface area contributed by atoms with Gasteiger partial charge in [0.15, 0.2) is 0 Å². The number of aromatic nitrogens is 2. The summed E-state index contributed by atoms with van der Waals surface area (Å²) in [6.07, 6.45) is 6.33. The highest BCUT2D eigenvalue weighted by molar-refractivity contribution is 6.38. The number of hydrogen-bond acceptors (Lipinski definition) is 6. The summed E-state index contributed by atoms with van der Waals surface area (Å²) in [5.74, 6) is 0.506. The predicted molar refractivity (Wildman–Crippen MR) is 133 cm³/mol. The van der Waals surface area contributed by atoms with E-state index in [1.807, 2.05) is 13.2 Å². The number of carbonyl (C=O) groups excluding carboxylic acids is 1. The molecule has 0 atom stereocenters. The van der Waals surface area contributed by atoms with Crippen LogP contribution in [0.3, 0.4) is 0 Å². The molecule has 9 nitrogen and oxygen atoms in total. The van der Waals surface area contributed by atoms with E-state index >= 15 is 0 Å². The molecule has 180 valence electrons. The number of aryl methyl sites for hydroxylation is 1. The molecule has 0 radical (unpaired) electrons. The number of benzene rings is 1. The Labute approximate surface area is 208 Å². The molecule has 2 amide bonds. The molecule has 1 saturated carbocycles. The van der Waals surface area contributed by atoms with Gasteiger partial charge >= 0.3 is 6.03 Å². The van der Waals surface area contributed by atoms with Gasteiger partial charge in [-0.3, -0.25) is 4.68 Å². The average molecular weight is 504 g/mol. The van der Waals surface area contributed by atoms with E-state index in [1.54, 1.807) is 27.9 Å². The topological polar surface area (TPSA) is 124 Å². The van der Waals surface area contributed by atoms with E-state index < -0.39 is 0 Å². The summed E-state index contributed by atoms with van der Waals surface area (Å²) in [5.41, 5.74) is 15.3. The minimum Gasteiger partial charge on any atom is -0.492 e. The van der Waals surface area contributed by atoms with Crippen molar-refractivity contribution in [2.75, 3.05) is 19.7 Å². The first kappa shape index (κ1) is 24.0. The Morgan fingerprint density at radius 2 is 2.12 bits per heavy atom. The lowest BCUT2D eigenvalue weighted by atomic mass is 10.0. The molecule has 0 spiro atoms. The highest BCUT2D eigenvalue weighted by Crippen LogP contribution is 2.35. The number of nitrogens with two attached hydrogens (primary N) is 2. The summed E-state index contributed by atoms with van der Waals surface area (Å²) in [6.45, 7) is 4.60. The lowest BCUT2D eigenvalue weighted by molar-refractivity contribution is 0.209. The maximum atomic E-state index is 12.6. The standard InChI is InChI=1S/C23H27Cl2N7O2/c1-13(26)29-22(17-11-32(12-19(17)27)23(33)30-16-3-4-16)21-18(25)7-15(24)8-20(21)34-6-5-14-9-28-31(2)10-14/h7-10,16H,1,3-6,11-12,26-27H2,2H3,(H,30,33)/b29-22+. The summed E-state index contributed by atoms with van der Waals surface area (Å²) >= 11 is 12.9. The fraction of sp³-hybridized carbons (Fsp3) is 0.348. The summed E-state index contributed by atoms with van der Waals surface area (Å²) in [5, 5.41) is 7.89. The molecular formula is C23H27Cl2N7O2. The molecule has 1 aromatic heterocycles. The van der Waals surface area contributed by atoms with Crippen molar-refractivity contribution < 1.29 is 9.53 Å². The third-order valence-electron chi connectivity index (χ3n) is 5.49. The number of rotatable bonds is 8. The van der Waals surface area contributed by atoms with Gasteiger partial charge in [0, 0.05) is 42.0 Å². The van der Waals surface area contributed by atoms with Gasteiger partial charge in [-0.15, -0.1) is 0 Å². The van der Waals surface area contributed by atoms with Crippen molar-refractivity contribution in [3.8, 4) is 5.75 Å². The van der Waals surface area contributed by atoms with Crippen molar-refractivity contribution in [1.29, 1.82) is 0 Å². The van der Waals surface area contributed by atoms with Crippen LogP contribution in [-0.2, 0) is 13.5 Å². The van der Waals surface area contributed by atoms with E-state index in [4.69, 9.17) is 39.4 Å². The highest BCUT2D eigenvalue weighted by Gasteiger charge is 2.33. The molecule has 34 heavy (non-hydrogen) atoms. The lowest BCUT2D eigenvalue weighted by Gasteiger charge is -2.19. The van der Waals surface area contributed by atoms with Crippen LogP contribution < -0.4 is 21.5 Å². The first-order chi connectivity index (χ1) is 16.2. The zero-order valence-corrected chi connectivity index (χ0v) is 20.4. The van der Waals surface area contributed by atoms with Crippen molar-refractivity contribution in [3.05, 3.63) is 69.4 Å². The second-order valence-corrected chi connectivity index (χ2v) is 9.26. The minimum atomic E-state index is -0.165. The van der Waals surface area contributed by atoms with Crippen LogP contribution in [-0.4, -0.2) is 52.2 Å². The second kappa shape index (κ2) is 9.99. The van der Waals surface area contributed by atoms with E-state index in [1.165, 1.54) is 0 Å². The molecule has 2 heterocycles. The predicted octanol–water partition coefficient (Wildman–Crippen LogP) is 2.97. The quantitative estimate of drug-likeness (QED) is 0.477. The van der Waals surface area contributed by atoms with Gasteiger partial charge in [-0.25, -0.2) is 9.79 Å². The third-order valence-corrected chi connectivity index (χ3v) is 6.01. The Kier molecular flexibility index (Phi) is 7.04. The lowest BCUT2D eigenvalue weighted by Crippen LogP contribution is -2.40. The Balaban J connectivity index is 1.62. The van der Waals surface area contributed by atoms with Gasteiger partial charge in [-0.1, -0.05) is 29.8 Å². The molecule has 0 unspecified atom stereocenters. The smallest absolute Gasteiger partial charge is 0.318 e. The molecule has 11 heteroatoms. The molecular weight excluding hydrogens is 477 g/mol. The molecule has 2 aliphatic rings. The van der Waals surface area contributed by atoms with E-state index in [-0.39, 0.29) is 31.0 Å². The van der Waals surface area contributed by atoms with Gasteiger partial charge < -0.3 is 26.4 Å². The molecule has 0 saturated heterocycles. The van der Waals surface area contributed by atoms with E-state index in [2.05, 4.69) is 22.0 Å². The maximum Gasteiger partial charge on any atom is 0.318 e. The molecule has 1 aliphatic heterocycles. The molecule has 5 N–H and O–H groups in total. The van der Waals surface area contributed by atoms with Crippen molar-refractivity contribution in [2.24, 2.45) is 23.5 Å². The Bertz CT molecular complexity index is 1180. The van der Waals surface area contributed by atoms with E-state index in [0.717, 1.165) is 18.4 Å². The van der Waals surface area contributed by atoms with Crippen molar-refractivity contribution in [1.82, 2.24) is 20.0 Å². The van der Waals surface area contributed by atoms with E-state index in [0.29, 0.717) is 51.4 Å². The molecule has 0 bridgehead atoms. The number of nitrogens with one attached hydrogen (secondary N) is 1. The van der Waals surface area contributed by atoms with Crippen LogP contribution in [0.1, 0.15) is 24.0 Å². The summed E-state index contributed by atoms with van der Waals surface area (Å²) in [6, 6.07) is 3.34. The monoisotopic (exact) mass is 503 g/mol.